The lowest BCUT2D eigenvalue weighted by Crippen LogP contribution is -2.12. The monoisotopic (exact) mass is 101 g/mol. The molecule has 3 heteroatoms. The number of carbonyl (C=O) groups is 1. The number of cyclic esters (lactones) is 1. The second kappa shape index (κ2) is 1.40. The highest BCUT2D eigenvalue weighted by molar-refractivity contribution is 5.69. The maximum Gasteiger partial charge on any atom is 0.407 e. The average molecular weight is 101 g/mol. The minimum absolute atomic E-state index is 0.0625. The van der Waals surface area contributed by atoms with Crippen LogP contribution in [0.5, 0.6) is 0 Å². The summed E-state index contributed by atoms with van der Waals surface area (Å²) in [5, 5.41) is 2.51. The number of ether oxygens (including phenoxy) is 1. The summed E-state index contributed by atoms with van der Waals surface area (Å²) in [5.74, 6) is 0. The van der Waals surface area contributed by atoms with E-state index in [0.717, 1.165) is 0 Å². The van der Waals surface area contributed by atoms with E-state index < -0.39 is 0 Å². The Morgan fingerprint density at radius 3 is 2.86 bits per heavy atom. The first-order valence-corrected chi connectivity index (χ1v) is 2.23. The van der Waals surface area contributed by atoms with Crippen molar-refractivity contribution in [3.05, 3.63) is 0 Å². The molecule has 1 N–H and O–H groups in total. The fourth-order valence-corrected chi connectivity index (χ4v) is 0.493. The Hall–Kier alpha value is -0.730. The zero-order valence-electron chi connectivity index (χ0n) is 4.10. The summed E-state index contributed by atoms with van der Waals surface area (Å²) in [4.78, 5) is 10.1. The van der Waals surface area contributed by atoms with Crippen molar-refractivity contribution in [2.75, 3.05) is 6.54 Å². The molecule has 1 fully saturated rings. The SMILES string of the molecule is C[C@H]1CNC(=O)O1. The van der Waals surface area contributed by atoms with Crippen LogP contribution in [0.2, 0.25) is 0 Å². The molecule has 40 valence electrons. The van der Waals surface area contributed by atoms with E-state index >= 15 is 0 Å². The van der Waals surface area contributed by atoms with Crippen LogP contribution in [0.15, 0.2) is 0 Å². The Balaban J connectivity index is 2.40. The van der Waals surface area contributed by atoms with Gasteiger partial charge in [-0.2, -0.15) is 0 Å². The molecule has 0 unspecified atom stereocenters. The van der Waals surface area contributed by atoms with E-state index in [1.165, 1.54) is 0 Å². The molecule has 1 aliphatic rings. The summed E-state index contributed by atoms with van der Waals surface area (Å²) in [7, 11) is 0. The molecule has 0 saturated carbocycles. The molecule has 1 atom stereocenters. The number of carbonyl (C=O) groups excluding carboxylic acids is 1. The van der Waals surface area contributed by atoms with Crippen LogP contribution in [0, 0.1) is 0 Å². The van der Waals surface area contributed by atoms with E-state index in [0.29, 0.717) is 6.54 Å². The van der Waals surface area contributed by atoms with Gasteiger partial charge >= 0.3 is 6.09 Å². The van der Waals surface area contributed by atoms with Crippen LogP contribution < -0.4 is 5.32 Å². The Kier molecular flexibility index (Phi) is 0.889. The van der Waals surface area contributed by atoms with Gasteiger partial charge in [0.1, 0.15) is 6.10 Å². The highest BCUT2D eigenvalue weighted by atomic mass is 16.6. The summed E-state index contributed by atoms with van der Waals surface area (Å²) in [6.07, 6.45) is -0.236. The van der Waals surface area contributed by atoms with E-state index in [1.54, 1.807) is 0 Å². The largest absolute Gasteiger partial charge is 0.445 e. The van der Waals surface area contributed by atoms with Gasteiger partial charge in [-0.25, -0.2) is 4.79 Å². The summed E-state index contributed by atoms with van der Waals surface area (Å²) in [6.45, 7) is 2.50. The molecule has 3 nitrogen and oxygen atoms in total. The molecule has 1 heterocycles. The number of nitrogens with one attached hydrogen (secondary N) is 1. The third-order valence-corrected chi connectivity index (χ3v) is 0.842. The van der Waals surface area contributed by atoms with E-state index in [1.807, 2.05) is 6.92 Å². The predicted molar refractivity (Wildman–Crippen MR) is 23.9 cm³/mol. The molecule has 0 radical (unpaired) electrons. The Morgan fingerprint density at radius 2 is 2.71 bits per heavy atom. The molecule has 0 aromatic carbocycles. The quantitative estimate of drug-likeness (QED) is 0.470. The molecule has 1 aliphatic heterocycles. The summed E-state index contributed by atoms with van der Waals surface area (Å²) >= 11 is 0. The molecule has 0 aromatic rings. The minimum atomic E-state index is -0.299. The van der Waals surface area contributed by atoms with Gasteiger partial charge in [-0.3, -0.25) is 0 Å². The van der Waals surface area contributed by atoms with Crippen LogP contribution in [-0.4, -0.2) is 18.7 Å². The zero-order valence-corrected chi connectivity index (χ0v) is 4.10. The van der Waals surface area contributed by atoms with Gasteiger partial charge in [-0.15, -0.1) is 0 Å². The van der Waals surface area contributed by atoms with Gasteiger partial charge in [0.25, 0.3) is 0 Å². The number of amides is 1. The Labute approximate surface area is 41.7 Å². The highest BCUT2D eigenvalue weighted by Crippen LogP contribution is 1.95. The van der Waals surface area contributed by atoms with Gasteiger partial charge in [-0.1, -0.05) is 0 Å². The van der Waals surface area contributed by atoms with Crippen molar-refractivity contribution in [3.8, 4) is 0 Å². The molecule has 1 rings (SSSR count). The minimum Gasteiger partial charge on any atom is -0.445 e. The van der Waals surface area contributed by atoms with Crippen LogP contribution >= 0.6 is 0 Å². The topological polar surface area (TPSA) is 38.3 Å². The number of rotatable bonds is 0. The lowest BCUT2D eigenvalue weighted by atomic mass is 10.4. The van der Waals surface area contributed by atoms with E-state index in [9.17, 15) is 4.79 Å². The molecular formula is C4H7NO2. The van der Waals surface area contributed by atoms with Crippen molar-refractivity contribution < 1.29 is 9.53 Å². The lowest BCUT2D eigenvalue weighted by molar-refractivity contribution is 0.148. The predicted octanol–water partition coefficient (Wildman–Crippen LogP) is 0.115. The summed E-state index contributed by atoms with van der Waals surface area (Å²) in [5.41, 5.74) is 0. The van der Waals surface area contributed by atoms with Crippen molar-refractivity contribution in [2.45, 2.75) is 13.0 Å². The second-order valence-corrected chi connectivity index (χ2v) is 1.60. The molecule has 1 amide bonds. The third-order valence-electron chi connectivity index (χ3n) is 0.842. The maximum absolute atomic E-state index is 10.1. The van der Waals surface area contributed by atoms with Gasteiger partial charge in [0.2, 0.25) is 0 Å². The van der Waals surface area contributed by atoms with Crippen molar-refractivity contribution >= 4 is 6.09 Å². The van der Waals surface area contributed by atoms with E-state index in [2.05, 4.69) is 10.1 Å². The van der Waals surface area contributed by atoms with Crippen LogP contribution in [-0.2, 0) is 4.74 Å². The number of alkyl carbamates (subject to hydrolysis) is 1. The normalized spacial score (nSPS) is 29.3. The molecule has 0 aromatic heterocycles. The maximum atomic E-state index is 10.1. The standard InChI is InChI=1S/C4H7NO2/c1-3-2-5-4(6)7-3/h3H,2H2,1H3,(H,5,6)/t3-/m0/s1. The molecule has 7 heavy (non-hydrogen) atoms. The zero-order chi connectivity index (χ0) is 5.28. The van der Waals surface area contributed by atoms with Gasteiger partial charge in [0, 0.05) is 0 Å². The molecule has 0 spiro atoms. The van der Waals surface area contributed by atoms with Crippen LogP contribution in [0.4, 0.5) is 4.79 Å². The summed E-state index contributed by atoms with van der Waals surface area (Å²) in [6, 6.07) is 0. The fourth-order valence-electron chi connectivity index (χ4n) is 0.493. The van der Waals surface area contributed by atoms with Crippen LogP contribution in [0.1, 0.15) is 6.92 Å². The fraction of sp³-hybridized carbons (Fsp3) is 0.750. The van der Waals surface area contributed by atoms with Crippen molar-refractivity contribution in [1.82, 2.24) is 5.32 Å². The Morgan fingerprint density at radius 1 is 2.00 bits per heavy atom. The second-order valence-electron chi connectivity index (χ2n) is 1.60. The first kappa shape index (κ1) is 4.43. The first-order chi connectivity index (χ1) is 3.29. The molecular weight excluding hydrogens is 94.0 g/mol. The molecule has 0 bridgehead atoms. The van der Waals surface area contributed by atoms with Gasteiger partial charge in [-0.05, 0) is 6.92 Å². The van der Waals surface area contributed by atoms with Crippen molar-refractivity contribution in [2.24, 2.45) is 0 Å². The average Bonchev–Trinajstić information content (AvgIpc) is 1.87. The van der Waals surface area contributed by atoms with Gasteiger partial charge in [0.15, 0.2) is 0 Å². The molecule has 0 aliphatic carbocycles. The lowest BCUT2D eigenvalue weighted by Gasteiger charge is -1.92. The third kappa shape index (κ3) is 0.824. The first-order valence-electron chi connectivity index (χ1n) is 2.23. The van der Waals surface area contributed by atoms with Crippen molar-refractivity contribution in [3.63, 3.8) is 0 Å². The number of hydrogen-bond donors (Lipinski definition) is 1. The van der Waals surface area contributed by atoms with E-state index in [4.69, 9.17) is 0 Å². The van der Waals surface area contributed by atoms with Gasteiger partial charge in [0.05, 0.1) is 6.54 Å². The molecule has 1 saturated heterocycles. The summed E-state index contributed by atoms with van der Waals surface area (Å²) < 4.78 is 4.61. The Bertz CT molecular complexity index is 91.7. The smallest absolute Gasteiger partial charge is 0.407 e. The van der Waals surface area contributed by atoms with Crippen LogP contribution in [0.25, 0.3) is 0 Å². The highest BCUT2D eigenvalue weighted by Gasteiger charge is 2.16. The van der Waals surface area contributed by atoms with Gasteiger partial charge < -0.3 is 10.1 Å². The van der Waals surface area contributed by atoms with E-state index in [-0.39, 0.29) is 12.2 Å². The van der Waals surface area contributed by atoms with Crippen molar-refractivity contribution in [1.29, 1.82) is 0 Å². The van der Waals surface area contributed by atoms with Crippen LogP contribution in [0.3, 0.4) is 0 Å². The number of hydrogen-bond acceptors (Lipinski definition) is 2.